The van der Waals surface area contributed by atoms with Crippen LogP contribution in [-0.2, 0) is 4.79 Å². The minimum Gasteiger partial charge on any atom is -0.497 e. The molecule has 0 spiro atoms. The zero-order valence-electron chi connectivity index (χ0n) is 17.1. The Morgan fingerprint density at radius 2 is 1.72 bits per heavy atom. The Kier molecular flexibility index (Phi) is 6.18. The average molecular weight is 453 g/mol. The van der Waals surface area contributed by atoms with Crippen molar-refractivity contribution in [3.05, 3.63) is 100 Å². The van der Waals surface area contributed by atoms with Crippen LogP contribution in [0.25, 0.3) is 0 Å². The normalized spacial score (nSPS) is 19.0. The van der Waals surface area contributed by atoms with E-state index in [-0.39, 0.29) is 11.5 Å². The van der Waals surface area contributed by atoms with E-state index in [4.69, 9.17) is 16.3 Å². The minimum atomic E-state index is -0.885. The van der Waals surface area contributed by atoms with E-state index in [0.717, 1.165) is 11.1 Å². The molecule has 0 aromatic heterocycles. The fraction of sp³-hybridized carbons (Fsp3) is 0.125. The molecule has 0 saturated carbocycles. The molecule has 32 heavy (non-hydrogen) atoms. The lowest BCUT2D eigenvalue weighted by atomic mass is 9.99. The van der Waals surface area contributed by atoms with Crippen LogP contribution < -0.4 is 15.5 Å². The van der Waals surface area contributed by atoms with Crippen LogP contribution in [0.3, 0.4) is 0 Å². The molecular formula is C24H20ClFN3O3+. The molecule has 0 unspecified atom stereocenters. The van der Waals surface area contributed by atoms with Gasteiger partial charge in [0.05, 0.1) is 7.11 Å². The molecule has 3 aromatic rings. The van der Waals surface area contributed by atoms with Gasteiger partial charge in [-0.1, -0.05) is 11.6 Å². The predicted molar refractivity (Wildman–Crippen MR) is 118 cm³/mol. The van der Waals surface area contributed by atoms with Crippen molar-refractivity contribution in [2.45, 2.75) is 12.1 Å². The van der Waals surface area contributed by atoms with Gasteiger partial charge in [-0.3, -0.25) is 9.59 Å². The van der Waals surface area contributed by atoms with E-state index >= 15 is 0 Å². The fourth-order valence-corrected chi connectivity index (χ4v) is 3.64. The van der Waals surface area contributed by atoms with Crippen molar-refractivity contribution in [3.8, 4) is 5.75 Å². The SMILES string of the molecule is COc1ccc([C@@H]2[C@H](NC(=O)c3ccc(F)cc3)C(=O)N/[N+]2=C\c2ccc(Cl)cc2)cc1. The van der Waals surface area contributed by atoms with E-state index in [2.05, 4.69) is 10.7 Å². The van der Waals surface area contributed by atoms with Crippen LogP contribution in [0.1, 0.15) is 27.5 Å². The molecule has 3 aromatic carbocycles. The van der Waals surface area contributed by atoms with Crippen LogP contribution >= 0.6 is 11.6 Å². The summed E-state index contributed by atoms with van der Waals surface area (Å²) in [5.41, 5.74) is 4.68. The van der Waals surface area contributed by atoms with E-state index in [1.165, 1.54) is 24.3 Å². The molecule has 1 aliphatic rings. The molecular weight excluding hydrogens is 433 g/mol. The van der Waals surface area contributed by atoms with Gasteiger partial charge < -0.3 is 10.1 Å². The molecule has 2 atom stereocenters. The maximum absolute atomic E-state index is 13.2. The zero-order valence-corrected chi connectivity index (χ0v) is 17.8. The highest BCUT2D eigenvalue weighted by Crippen LogP contribution is 2.27. The van der Waals surface area contributed by atoms with E-state index in [0.29, 0.717) is 10.8 Å². The predicted octanol–water partition coefficient (Wildman–Crippen LogP) is 3.50. The molecule has 1 saturated heterocycles. The first-order valence-electron chi connectivity index (χ1n) is 9.84. The van der Waals surface area contributed by atoms with Gasteiger partial charge in [0.15, 0.2) is 6.04 Å². The Balaban J connectivity index is 1.69. The number of hydrazone groups is 1. The number of carbonyl (C=O) groups is 2. The summed E-state index contributed by atoms with van der Waals surface area (Å²) in [6, 6.07) is 18.1. The van der Waals surface area contributed by atoms with Gasteiger partial charge in [-0.2, -0.15) is 0 Å². The molecule has 2 amide bonds. The lowest BCUT2D eigenvalue weighted by molar-refractivity contribution is -0.596. The molecule has 1 heterocycles. The minimum absolute atomic E-state index is 0.257. The number of amides is 2. The van der Waals surface area contributed by atoms with Crippen molar-refractivity contribution in [3.63, 3.8) is 0 Å². The van der Waals surface area contributed by atoms with Crippen LogP contribution in [0, 0.1) is 5.82 Å². The van der Waals surface area contributed by atoms with E-state index in [1.807, 2.05) is 24.3 Å². The number of hydrogen-bond acceptors (Lipinski definition) is 3. The quantitative estimate of drug-likeness (QED) is 0.582. The van der Waals surface area contributed by atoms with Crippen LogP contribution in [0.4, 0.5) is 4.39 Å². The number of nitrogens with one attached hydrogen (secondary N) is 2. The first kappa shape index (κ1) is 21.5. The third kappa shape index (κ3) is 4.63. The van der Waals surface area contributed by atoms with Gasteiger partial charge in [0.25, 0.3) is 5.91 Å². The number of benzene rings is 3. The summed E-state index contributed by atoms with van der Waals surface area (Å²) < 4.78 is 20.1. The Labute approximate surface area is 189 Å². The standard InChI is InChI=1S/C24H19ClFN3O3/c1-32-20-12-6-16(7-13-20)22-21(27-23(30)17-4-10-19(26)11-5-17)24(31)28-29(22)14-15-2-8-18(25)9-3-15/h2-14,21-22H,1H3,(H-,27,28,30,31)/p+1/b29-14-/t21-,22+/m0/s1. The largest absolute Gasteiger partial charge is 0.497 e. The molecule has 0 radical (unpaired) electrons. The molecule has 1 aliphatic heterocycles. The van der Waals surface area contributed by atoms with Gasteiger partial charge in [0, 0.05) is 21.7 Å². The summed E-state index contributed by atoms with van der Waals surface area (Å²) in [4.78, 5) is 25.6. The second kappa shape index (κ2) is 9.20. The summed E-state index contributed by atoms with van der Waals surface area (Å²) in [7, 11) is 1.57. The number of halogens is 2. The van der Waals surface area contributed by atoms with Gasteiger partial charge in [0.1, 0.15) is 11.6 Å². The molecule has 0 aliphatic carbocycles. The maximum Gasteiger partial charge on any atom is 0.304 e. The maximum atomic E-state index is 13.2. The van der Waals surface area contributed by atoms with Crippen LogP contribution in [-0.4, -0.2) is 35.9 Å². The first-order valence-corrected chi connectivity index (χ1v) is 10.2. The van der Waals surface area contributed by atoms with E-state index < -0.39 is 23.8 Å². The summed E-state index contributed by atoms with van der Waals surface area (Å²) in [6.45, 7) is 0. The third-order valence-corrected chi connectivity index (χ3v) is 5.40. The Morgan fingerprint density at radius 1 is 1.06 bits per heavy atom. The molecule has 2 N–H and O–H groups in total. The van der Waals surface area contributed by atoms with Crippen molar-refractivity contribution in [1.82, 2.24) is 10.7 Å². The van der Waals surface area contributed by atoms with Crippen LogP contribution in [0.15, 0.2) is 72.8 Å². The Morgan fingerprint density at radius 3 is 2.34 bits per heavy atom. The first-order chi connectivity index (χ1) is 15.4. The van der Waals surface area contributed by atoms with Crippen molar-refractivity contribution < 1.29 is 23.4 Å². The van der Waals surface area contributed by atoms with Gasteiger partial charge in [-0.05, 0) is 72.8 Å². The number of ether oxygens (including phenoxy) is 1. The van der Waals surface area contributed by atoms with Crippen molar-refractivity contribution in [1.29, 1.82) is 0 Å². The number of nitrogens with zero attached hydrogens (tertiary/aromatic N) is 1. The van der Waals surface area contributed by atoms with Gasteiger partial charge in [-0.15, -0.1) is 10.1 Å². The second-order valence-electron chi connectivity index (χ2n) is 7.24. The lowest BCUT2D eigenvalue weighted by Gasteiger charge is -2.15. The Bertz CT molecular complexity index is 1160. The summed E-state index contributed by atoms with van der Waals surface area (Å²) >= 11 is 5.97. The number of carbonyl (C=O) groups excluding carboxylic acids is 2. The van der Waals surface area contributed by atoms with Crippen molar-refractivity contribution in [2.24, 2.45) is 0 Å². The van der Waals surface area contributed by atoms with Crippen molar-refractivity contribution in [2.75, 3.05) is 7.11 Å². The molecule has 0 bridgehead atoms. The summed E-state index contributed by atoms with van der Waals surface area (Å²) in [5.74, 6) is -0.616. The highest BCUT2D eigenvalue weighted by molar-refractivity contribution is 6.30. The highest BCUT2D eigenvalue weighted by Gasteiger charge is 2.47. The van der Waals surface area contributed by atoms with Gasteiger partial charge >= 0.3 is 5.91 Å². The van der Waals surface area contributed by atoms with Gasteiger partial charge in [-0.25, -0.2) is 4.39 Å². The van der Waals surface area contributed by atoms with Crippen LogP contribution in [0.5, 0.6) is 5.75 Å². The molecule has 1 fully saturated rings. The van der Waals surface area contributed by atoms with Crippen molar-refractivity contribution >= 4 is 29.6 Å². The zero-order chi connectivity index (χ0) is 22.7. The number of hydrazine groups is 1. The van der Waals surface area contributed by atoms with Crippen LogP contribution in [0.2, 0.25) is 5.02 Å². The molecule has 8 heteroatoms. The van der Waals surface area contributed by atoms with Gasteiger partial charge in [0.2, 0.25) is 12.3 Å². The number of rotatable bonds is 5. The van der Waals surface area contributed by atoms with E-state index in [1.54, 1.807) is 42.3 Å². The molecule has 4 rings (SSSR count). The summed E-state index contributed by atoms with van der Waals surface area (Å²) in [6.07, 6.45) is 1.77. The lowest BCUT2D eigenvalue weighted by Crippen LogP contribution is -2.42. The summed E-state index contributed by atoms with van der Waals surface area (Å²) in [5, 5.41) is 3.38. The topological polar surface area (TPSA) is 70.4 Å². The fourth-order valence-electron chi connectivity index (χ4n) is 3.52. The highest BCUT2D eigenvalue weighted by atomic mass is 35.5. The number of methoxy groups -OCH3 is 1. The third-order valence-electron chi connectivity index (χ3n) is 5.15. The monoisotopic (exact) mass is 452 g/mol. The number of hydrogen-bond donors (Lipinski definition) is 2. The average Bonchev–Trinajstić information content (AvgIpc) is 3.10. The Hall–Kier alpha value is -3.71. The smallest absolute Gasteiger partial charge is 0.304 e. The molecule has 6 nitrogen and oxygen atoms in total. The molecule has 162 valence electrons. The van der Waals surface area contributed by atoms with E-state index in [9.17, 15) is 14.0 Å². The second-order valence-corrected chi connectivity index (χ2v) is 7.68.